The Hall–Kier alpha value is -3.55. The van der Waals surface area contributed by atoms with Crippen LogP contribution >= 0.6 is 0 Å². The Bertz CT molecular complexity index is 1050. The molecule has 2 aromatic carbocycles. The molecule has 1 aliphatic heterocycles. The van der Waals surface area contributed by atoms with E-state index in [2.05, 4.69) is 10.1 Å². The highest BCUT2D eigenvalue weighted by Gasteiger charge is 2.34. The molecule has 0 radical (unpaired) electrons. The molecule has 1 aromatic heterocycles. The molecule has 8 heteroatoms. The van der Waals surface area contributed by atoms with Crippen LogP contribution in [0.15, 0.2) is 47.0 Å². The lowest BCUT2D eigenvalue weighted by Gasteiger charge is -2.16. The molecule has 4 rings (SSSR count). The summed E-state index contributed by atoms with van der Waals surface area (Å²) in [6.07, 6.45) is 0.357. The number of hydrogen-bond acceptors (Lipinski definition) is 7. The van der Waals surface area contributed by atoms with E-state index in [4.69, 9.17) is 18.7 Å². The lowest BCUT2D eigenvalue weighted by molar-refractivity contribution is -0.128. The third-order valence-corrected chi connectivity index (χ3v) is 5.27. The predicted molar refractivity (Wildman–Crippen MR) is 113 cm³/mol. The van der Waals surface area contributed by atoms with Gasteiger partial charge in [-0.15, -0.1) is 0 Å². The van der Waals surface area contributed by atoms with Gasteiger partial charge in [0.05, 0.1) is 26.4 Å². The number of amides is 1. The van der Waals surface area contributed by atoms with E-state index in [0.29, 0.717) is 54.9 Å². The summed E-state index contributed by atoms with van der Waals surface area (Å²) in [6, 6.07) is 13.2. The van der Waals surface area contributed by atoms with Crippen molar-refractivity contribution in [2.45, 2.75) is 25.8 Å². The molecule has 31 heavy (non-hydrogen) atoms. The molecule has 1 fully saturated rings. The highest BCUT2D eigenvalue weighted by Crippen LogP contribution is 2.34. The van der Waals surface area contributed by atoms with Gasteiger partial charge < -0.3 is 23.6 Å². The van der Waals surface area contributed by atoms with Crippen LogP contribution in [0.25, 0.3) is 11.5 Å². The second-order valence-corrected chi connectivity index (χ2v) is 7.28. The molecule has 0 spiro atoms. The second-order valence-electron chi connectivity index (χ2n) is 7.28. The maximum atomic E-state index is 12.6. The number of benzene rings is 2. The molecule has 0 bridgehead atoms. The zero-order chi connectivity index (χ0) is 21.8. The Morgan fingerprint density at radius 2 is 1.87 bits per heavy atom. The molecule has 1 aliphatic rings. The summed E-state index contributed by atoms with van der Waals surface area (Å²) < 4.78 is 21.6. The second kappa shape index (κ2) is 9.07. The summed E-state index contributed by atoms with van der Waals surface area (Å²) in [5.74, 6) is 2.91. The van der Waals surface area contributed by atoms with Crippen molar-refractivity contribution in [1.29, 1.82) is 0 Å². The van der Waals surface area contributed by atoms with Gasteiger partial charge in [0, 0.05) is 31.5 Å². The van der Waals surface area contributed by atoms with Crippen LogP contribution in [-0.2, 0) is 11.3 Å². The lowest BCUT2D eigenvalue weighted by atomic mass is 10.1. The average Bonchev–Trinajstić information content (AvgIpc) is 3.42. The molecule has 8 nitrogen and oxygen atoms in total. The van der Waals surface area contributed by atoms with Crippen molar-refractivity contribution in [2.75, 3.05) is 27.4 Å². The monoisotopic (exact) mass is 423 g/mol. The Morgan fingerprint density at radius 3 is 2.58 bits per heavy atom. The van der Waals surface area contributed by atoms with E-state index in [1.54, 1.807) is 26.4 Å². The standard InChI is InChI=1S/C23H25N3O5/c1-4-30-17-7-5-15(6-8-17)13-26-14-16(11-21(26)27)22-24-23(31-25-22)19-10-9-18(28-2)12-20(19)29-3/h5-10,12,16H,4,11,13-14H2,1-3H3. The number of likely N-dealkylation sites (tertiary alicyclic amines) is 1. The van der Waals surface area contributed by atoms with E-state index in [0.717, 1.165) is 11.3 Å². The van der Waals surface area contributed by atoms with E-state index in [1.165, 1.54) is 0 Å². The third kappa shape index (κ3) is 4.47. The van der Waals surface area contributed by atoms with Crippen LogP contribution in [-0.4, -0.2) is 48.3 Å². The Morgan fingerprint density at radius 1 is 1.10 bits per heavy atom. The van der Waals surface area contributed by atoms with Crippen LogP contribution in [0.3, 0.4) is 0 Å². The molecule has 0 N–H and O–H groups in total. The molecule has 0 aliphatic carbocycles. The van der Waals surface area contributed by atoms with E-state index in [1.807, 2.05) is 42.2 Å². The van der Waals surface area contributed by atoms with E-state index in [-0.39, 0.29) is 11.8 Å². The van der Waals surface area contributed by atoms with Crippen molar-refractivity contribution in [1.82, 2.24) is 15.0 Å². The first-order chi connectivity index (χ1) is 15.1. The van der Waals surface area contributed by atoms with Gasteiger partial charge in [0.25, 0.3) is 5.89 Å². The van der Waals surface area contributed by atoms with Gasteiger partial charge in [-0.3, -0.25) is 4.79 Å². The largest absolute Gasteiger partial charge is 0.497 e. The van der Waals surface area contributed by atoms with Crippen molar-refractivity contribution in [3.05, 3.63) is 53.9 Å². The van der Waals surface area contributed by atoms with Crippen LogP contribution in [0, 0.1) is 0 Å². The van der Waals surface area contributed by atoms with Crippen LogP contribution in [0.5, 0.6) is 17.2 Å². The number of ether oxygens (including phenoxy) is 3. The number of carbonyl (C=O) groups excluding carboxylic acids is 1. The average molecular weight is 423 g/mol. The highest BCUT2D eigenvalue weighted by molar-refractivity contribution is 5.79. The number of hydrogen-bond donors (Lipinski definition) is 0. The minimum Gasteiger partial charge on any atom is -0.497 e. The summed E-state index contributed by atoms with van der Waals surface area (Å²) in [7, 11) is 3.17. The van der Waals surface area contributed by atoms with E-state index >= 15 is 0 Å². The first-order valence-corrected chi connectivity index (χ1v) is 10.2. The van der Waals surface area contributed by atoms with Gasteiger partial charge in [-0.25, -0.2) is 0 Å². The first-order valence-electron chi connectivity index (χ1n) is 10.2. The van der Waals surface area contributed by atoms with Gasteiger partial charge in [0.15, 0.2) is 5.82 Å². The minimum atomic E-state index is -0.114. The van der Waals surface area contributed by atoms with E-state index in [9.17, 15) is 4.79 Å². The van der Waals surface area contributed by atoms with Crippen LogP contribution in [0.4, 0.5) is 0 Å². The topological polar surface area (TPSA) is 86.9 Å². The van der Waals surface area contributed by atoms with Gasteiger partial charge in [-0.1, -0.05) is 17.3 Å². The van der Waals surface area contributed by atoms with Gasteiger partial charge in [0.1, 0.15) is 17.2 Å². The molecule has 1 saturated heterocycles. The van der Waals surface area contributed by atoms with Crippen LogP contribution < -0.4 is 14.2 Å². The van der Waals surface area contributed by atoms with Gasteiger partial charge in [0.2, 0.25) is 5.91 Å². The zero-order valence-corrected chi connectivity index (χ0v) is 17.8. The Kier molecular flexibility index (Phi) is 6.06. The molecular weight excluding hydrogens is 398 g/mol. The molecule has 1 atom stereocenters. The number of carbonyl (C=O) groups is 1. The molecule has 3 aromatic rings. The molecule has 1 unspecified atom stereocenters. The summed E-state index contributed by atoms with van der Waals surface area (Å²) in [5.41, 5.74) is 1.73. The third-order valence-electron chi connectivity index (χ3n) is 5.27. The maximum Gasteiger partial charge on any atom is 0.261 e. The maximum absolute atomic E-state index is 12.6. The van der Waals surface area contributed by atoms with Crippen molar-refractivity contribution >= 4 is 5.91 Å². The smallest absolute Gasteiger partial charge is 0.261 e. The van der Waals surface area contributed by atoms with Crippen molar-refractivity contribution in [3.63, 3.8) is 0 Å². The quantitative estimate of drug-likeness (QED) is 0.546. The van der Waals surface area contributed by atoms with E-state index < -0.39 is 0 Å². The number of rotatable bonds is 8. The van der Waals surface area contributed by atoms with Crippen LogP contribution in [0.2, 0.25) is 0 Å². The fourth-order valence-electron chi connectivity index (χ4n) is 3.66. The van der Waals surface area contributed by atoms with Crippen molar-refractivity contribution < 1.29 is 23.5 Å². The SMILES string of the molecule is CCOc1ccc(CN2CC(c3noc(-c4ccc(OC)cc4OC)n3)CC2=O)cc1. The number of nitrogens with zero attached hydrogens (tertiary/aromatic N) is 3. The van der Waals surface area contributed by atoms with Crippen molar-refractivity contribution in [2.24, 2.45) is 0 Å². The number of aromatic nitrogens is 2. The molecule has 162 valence electrons. The van der Waals surface area contributed by atoms with Gasteiger partial charge in [-0.2, -0.15) is 4.98 Å². The lowest BCUT2D eigenvalue weighted by Crippen LogP contribution is -2.24. The molecule has 2 heterocycles. The normalized spacial score (nSPS) is 15.9. The molecular formula is C23H25N3O5. The minimum absolute atomic E-state index is 0.0762. The molecule has 0 saturated carbocycles. The Labute approximate surface area is 180 Å². The fourth-order valence-corrected chi connectivity index (χ4v) is 3.66. The zero-order valence-electron chi connectivity index (χ0n) is 17.8. The Balaban J connectivity index is 1.46. The van der Waals surface area contributed by atoms with Crippen molar-refractivity contribution in [3.8, 4) is 28.7 Å². The van der Waals surface area contributed by atoms with Gasteiger partial charge >= 0.3 is 0 Å². The predicted octanol–water partition coefficient (Wildman–Crippen LogP) is 3.67. The number of methoxy groups -OCH3 is 2. The summed E-state index contributed by atoms with van der Waals surface area (Å²) >= 11 is 0. The fraction of sp³-hybridized carbons (Fsp3) is 0.348. The summed E-state index contributed by atoms with van der Waals surface area (Å²) in [4.78, 5) is 18.9. The first kappa shape index (κ1) is 20.7. The summed E-state index contributed by atoms with van der Waals surface area (Å²) in [5, 5.41) is 4.13. The highest BCUT2D eigenvalue weighted by atomic mass is 16.5. The van der Waals surface area contributed by atoms with Crippen LogP contribution in [0.1, 0.15) is 30.7 Å². The van der Waals surface area contributed by atoms with Gasteiger partial charge in [-0.05, 0) is 36.8 Å². The summed E-state index contributed by atoms with van der Waals surface area (Å²) in [6.45, 7) is 3.66. The molecule has 1 amide bonds.